The number of Topliss-reactive ketones (excluding diaryl/α,β-unsaturated/α-hetero) is 2. The maximum absolute atomic E-state index is 12.6. The van der Waals surface area contributed by atoms with Gasteiger partial charge in [-0.15, -0.1) is 0 Å². The molecular weight excluding hydrogens is 352 g/mol. The number of rotatable bonds is 3. The average Bonchev–Trinajstić information content (AvgIpc) is 2.46. The van der Waals surface area contributed by atoms with Crippen molar-refractivity contribution in [1.29, 1.82) is 0 Å². The second kappa shape index (κ2) is 5.36. The largest absolute Gasteiger partial charge is 0.422 e. The Morgan fingerprint density at radius 1 is 0.538 bits per heavy atom. The minimum atomic E-state index is -2.66. The Bertz CT molecular complexity index is 653. The second-order valence-corrected chi connectivity index (χ2v) is 7.27. The van der Waals surface area contributed by atoms with Gasteiger partial charge >= 0.3 is 23.9 Å². The highest BCUT2D eigenvalue weighted by atomic mass is 16.8. The topological polar surface area (TPSA) is 139 Å². The lowest BCUT2D eigenvalue weighted by Crippen LogP contribution is -2.63. The zero-order valence-corrected chi connectivity index (χ0v) is 15.1. The van der Waals surface area contributed by atoms with Crippen molar-refractivity contribution < 1.29 is 47.7 Å². The van der Waals surface area contributed by atoms with Gasteiger partial charge in [-0.25, -0.2) is 0 Å². The fraction of sp³-hybridized carbons (Fsp3) is 0.625. The van der Waals surface area contributed by atoms with Gasteiger partial charge in [0, 0.05) is 27.7 Å². The first-order valence-corrected chi connectivity index (χ1v) is 7.61. The number of ether oxygens (including phenoxy) is 4. The van der Waals surface area contributed by atoms with E-state index in [0.29, 0.717) is 0 Å². The van der Waals surface area contributed by atoms with Gasteiger partial charge in [0.15, 0.2) is 0 Å². The van der Waals surface area contributed by atoms with Crippen LogP contribution in [0.4, 0.5) is 0 Å². The summed E-state index contributed by atoms with van der Waals surface area (Å²) >= 11 is 0. The molecule has 10 heteroatoms. The standard InChI is InChI=1S/C16H18O10/c1-13(2)23-9(19)15(5,10(20)24-13)7(17)8(18)16(6)11(21)25-14(3,4)26-12(16)22/h1-6H3. The lowest BCUT2D eigenvalue weighted by atomic mass is 9.73. The molecule has 0 aliphatic carbocycles. The van der Waals surface area contributed by atoms with Crippen LogP contribution in [-0.4, -0.2) is 47.0 Å². The lowest BCUT2D eigenvalue weighted by molar-refractivity contribution is -0.252. The first-order valence-electron chi connectivity index (χ1n) is 7.61. The predicted molar refractivity (Wildman–Crippen MR) is 78.8 cm³/mol. The van der Waals surface area contributed by atoms with E-state index in [9.17, 15) is 28.8 Å². The molecule has 2 rings (SSSR count). The number of hydrogen-bond donors (Lipinski definition) is 0. The molecule has 2 heterocycles. The number of cyclic esters (lactones) is 4. The van der Waals surface area contributed by atoms with Gasteiger partial charge < -0.3 is 18.9 Å². The summed E-state index contributed by atoms with van der Waals surface area (Å²) in [7, 11) is 0. The molecule has 10 nitrogen and oxygen atoms in total. The van der Waals surface area contributed by atoms with Crippen LogP contribution in [0.3, 0.4) is 0 Å². The summed E-state index contributed by atoms with van der Waals surface area (Å²) in [6.45, 7) is 6.67. The molecule has 0 saturated carbocycles. The lowest BCUT2D eigenvalue weighted by Gasteiger charge is -2.39. The third-order valence-electron chi connectivity index (χ3n) is 4.10. The Labute approximate surface area is 148 Å². The number of carbonyl (C=O) groups excluding carboxylic acids is 6. The molecule has 0 aromatic carbocycles. The third kappa shape index (κ3) is 2.65. The molecule has 2 saturated heterocycles. The molecule has 0 aromatic rings. The third-order valence-corrected chi connectivity index (χ3v) is 4.10. The monoisotopic (exact) mass is 370 g/mol. The van der Waals surface area contributed by atoms with Crippen molar-refractivity contribution in [3.8, 4) is 0 Å². The van der Waals surface area contributed by atoms with Gasteiger partial charge in [0.1, 0.15) is 0 Å². The SMILES string of the molecule is CC1(C)OC(=O)C(C)(C(=O)C(=O)C2(C)C(=O)OC(C)(C)OC2=O)C(=O)O1. The maximum atomic E-state index is 12.6. The van der Waals surface area contributed by atoms with Gasteiger partial charge in [-0.2, -0.15) is 0 Å². The van der Waals surface area contributed by atoms with Crippen LogP contribution in [-0.2, 0) is 47.7 Å². The van der Waals surface area contributed by atoms with E-state index in [1.807, 2.05) is 0 Å². The van der Waals surface area contributed by atoms with Gasteiger partial charge in [-0.1, -0.05) is 0 Å². The number of ketones is 2. The van der Waals surface area contributed by atoms with E-state index in [-0.39, 0.29) is 0 Å². The van der Waals surface area contributed by atoms with E-state index in [0.717, 1.165) is 13.8 Å². The van der Waals surface area contributed by atoms with Crippen LogP contribution in [0.5, 0.6) is 0 Å². The molecule has 2 fully saturated rings. The highest BCUT2D eigenvalue weighted by Gasteiger charge is 2.66. The van der Waals surface area contributed by atoms with E-state index >= 15 is 0 Å². The molecular formula is C16H18O10. The van der Waals surface area contributed by atoms with Crippen LogP contribution in [0.2, 0.25) is 0 Å². The van der Waals surface area contributed by atoms with Crippen LogP contribution in [0.1, 0.15) is 41.5 Å². The molecule has 0 atom stereocenters. The Balaban J connectivity index is 2.42. The van der Waals surface area contributed by atoms with Crippen molar-refractivity contribution in [2.45, 2.75) is 53.1 Å². The fourth-order valence-electron chi connectivity index (χ4n) is 2.33. The summed E-state index contributed by atoms with van der Waals surface area (Å²) < 4.78 is 19.4. The van der Waals surface area contributed by atoms with Crippen molar-refractivity contribution >= 4 is 35.4 Å². The van der Waals surface area contributed by atoms with Gasteiger partial charge in [-0.05, 0) is 13.8 Å². The summed E-state index contributed by atoms with van der Waals surface area (Å²) in [4.78, 5) is 74.1. The normalized spacial score (nSPS) is 25.3. The van der Waals surface area contributed by atoms with Crippen LogP contribution in [0.15, 0.2) is 0 Å². The Hall–Kier alpha value is -2.78. The maximum Gasteiger partial charge on any atom is 0.334 e. The van der Waals surface area contributed by atoms with Crippen LogP contribution in [0.25, 0.3) is 0 Å². The van der Waals surface area contributed by atoms with E-state index < -0.39 is 57.8 Å². The number of hydrogen-bond acceptors (Lipinski definition) is 10. The van der Waals surface area contributed by atoms with E-state index in [4.69, 9.17) is 18.9 Å². The summed E-state index contributed by atoms with van der Waals surface area (Å²) in [6, 6.07) is 0. The Kier molecular flexibility index (Phi) is 4.03. The minimum absolute atomic E-state index is 0.819. The van der Waals surface area contributed by atoms with Crippen molar-refractivity contribution in [2.75, 3.05) is 0 Å². The van der Waals surface area contributed by atoms with E-state index in [1.54, 1.807) is 0 Å². The van der Waals surface area contributed by atoms with Crippen LogP contribution >= 0.6 is 0 Å². The number of carbonyl (C=O) groups is 6. The highest BCUT2D eigenvalue weighted by molar-refractivity contribution is 6.54. The summed E-state index contributed by atoms with van der Waals surface area (Å²) in [5, 5.41) is 0. The average molecular weight is 370 g/mol. The Morgan fingerprint density at radius 2 is 0.731 bits per heavy atom. The van der Waals surface area contributed by atoms with Gasteiger partial charge in [0.25, 0.3) is 11.6 Å². The zero-order valence-electron chi connectivity index (χ0n) is 15.1. The molecule has 0 unspecified atom stereocenters. The van der Waals surface area contributed by atoms with Crippen molar-refractivity contribution in [1.82, 2.24) is 0 Å². The van der Waals surface area contributed by atoms with E-state index in [2.05, 4.69) is 0 Å². The smallest absolute Gasteiger partial charge is 0.334 e. The van der Waals surface area contributed by atoms with Crippen molar-refractivity contribution in [3.63, 3.8) is 0 Å². The van der Waals surface area contributed by atoms with Crippen LogP contribution in [0, 0.1) is 10.8 Å². The first-order chi connectivity index (χ1) is 11.6. The molecule has 0 spiro atoms. The highest BCUT2D eigenvalue weighted by Crippen LogP contribution is 2.38. The van der Waals surface area contributed by atoms with Gasteiger partial charge in [-0.3, -0.25) is 28.8 Å². The van der Waals surface area contributed by atoms with Crippen molar-refractivity contribution in [2.24, 2.45) is 10.8 Å². The summed E-state index contributed by atoms with van der Waals surface area (Å²) in [5.41, 5.74) is -5.33. The molecule has 0 aromatic heterocycles. The molecule has 0 amide bonds. The molecule has 26 heavy (non-hydrogen) atoms. The fourth-order valence-corrected chi connectivity index (χ4v) is 2.33. The Morgan fingerprint density at radius 3 is 0.923 bits per heavy atom. The molecule has 0 N–H and O–H groups in total. The van der Waals surface area contributed by atoms with E-state index in [1.165, 1.54) is 27.7 Å². The molecule has 2 aliphatic heterocycles. The first kappa shape index (κ1) is 19.5. The summed E-state index contributed by atoms with van der Waals surface area (Å²) in [5.74, 6) is -11.9. The molecule has 142 valence electrons. The quantitative estimate of drug-likeness (QED) is 0.373. The summed E-state index contributed by atoms with van der Waals surface area (Å²) in [6.07, 6.45) is 0. The van der Waals surface area contributed by atoms with Gasteiger partial charge in [0.05, 0.1) is 0 Å². The predicted octanol–water partition coefficient (Wildman–Crippen LogP) is -0.191. The van der Waals surface area contributed by atoms with Crippen LogP contribution < -0.4 is 0 Å². The minimum Gasteiger partial charge on any atom is -0.422 e. The van der Waals surface area contributed by atoms with Gasteiger partial charge in [0.2, 0.25) is 22.4 Å². The van der Waals surface area contributed by atoms with Crippen molar-refractivity contribution in [3.05, 3.63) is 0 Å². The second-order valence-electron chi connectivity index (χ2n) is 7.27. The molecule has 0 bridgehead atoms. The number of esters is 4. The molecule has 2 aliphatic rings. The zero-order chi connectivity index (χ0) is 20.3. The molecule has 0 radical (unpaired) electrons.